The Morgan fingerprint density at radius 3 is 2.80 bits per heavy atom. The van der Waals surface area contributed by atoms with Gasteiger partial charge in [0, 0.05) is 25.6 Å². The van der Waals surface area contributed by atoms with E-state index in [2.05, 4.69) is 15.6 Å². The number of aromatic nitrogens is 3. The summed E-state index contributed by atoms with van der Waals surface area (Å²) >= 11 is 0. The van der Waals surface area contributed by atoms with Crippen LogP contribution in [0.25, 0.3) is 0 Å². The second kappa shape index (κ2) is 4.39. The minimum atomic E-state index is -0.310. The first-order valence-corrected chi connectivity index (χ1v) is 4.77. The highest BCUT2D eigenvalue weighted by atomic mass is 16.1. The fourth-order valence-electron chi connectivity index (χ4n) is 1.30. The van der Waals surface area contributed by atoms with Gasteiger partial charge in [0.15, 0.2) is 0 Å². The summed E-state index contributed by atoms with van der Waals surface area (Å²) in [4.78, 5) is 10.8. The Morgan fingerprint density at radius 1 is 1.67 bits per heavy atom. The van der Waals surface area contributed by atoms with Crippen LogP contribution in [-0.2, 0) is 18.4 Å². The van der Waals surface area contributed by atoms with Crippen molar-refractivity contribution in [1.82, 2.24) is 20.3 Å². The number of nitrogens with two attached hydrogens (primary N) is 1. The van der Waals surface area contributed by atoms with E-state index in [9.17, 15) is 4.79 Å². The zero-order chi connectivity index (χ0) is 11.5. The second-order valence-corrected chi connectivity index (χ2v) is 4.23. The zero-order valence-electron chi connectivity index (χ0n) is 9.32. The minimum absolute atomic E-state index is 0.304. The Morgan fingerprint density at radius 2 is 2.33 bits per heavy atom. The van der Waals surface area contributed by atoms with Gasteiger partial charge in [-0.2, -0.15) is 0 Å². The van der Waals surface area contributed by atoms with Crippen LogP contribution in [0.5, 0.6) is 0 Å². The third kappa shape index (κ3) is 3.67. The standard InChI is InChI=1S/C9H17N5O/c1-9(2,4-8(10)15)11-5-7-6-12-13-14(7)3/h6,11H,4-5H2,1-3H3,(H2,10,15). The van der Waals surface area contributed by atoms with E-state index in [1.165, 1.54) is 0 Å². The van der Waals surface area contributed by atoms with E-state index >= 15 is 0 Å². The normalized spacial score (nSPS) is 11.7. The molecule has 0 bridgehead atoms. The molecule has 0 aliphatic rings. The molecule has 1 aromatic rings. The van der Waals surface area contributed by atoms with Crippen LogP contribution in [0.2, 0.25) is 0 Å². The number of aryl methyl sites for hydroxylation is 1. The molecule has 0 saturated heterocycles. The van der Waals surface area contributed by atoms with Crippen molar-refractivity contribution in [1.29, 1.82) is 0 Å². The molecule has 0 unspecified atom stereocenters. The number of primary amides is 1. The summed E-state index contributed by atoms with van der Waals surface area (Å²) < 4.78 is 1.69. The van der Waals surface area contributed by atoms with Crippen LogP contribution in [0.1, 0.15) is 26.0 Å². The maximum absolute atomic E-state index is 10.8. The fraction of sp³-hybridized carbons (Fsp3) is 0.667. The molecule has 0 atom stereocenters. The maximum atomic E-state index is 10.8. The Hall–Kier alpha value is -1.43. The molecule has 15 heavy (non-hydrogen) atoms. The highest BCUT2D eigenvalue weighted by Crippen LogP contribution is 2.08. The minimum Gasteiger partial charge on any atom is -0.370 e. The predicted octanol–water partition coefficient (Wildman–Crippen LogP) is -0.441. The van der Waals surface area contributed by atoms with Gasteiger partial charge in [-0.1, -0.05) is 5.21 Å². The maximum Gasteiger partial charge on any atom is 0.219 e. The van der Waals surface area contributed by atoms with Crippen molar-refractivity contribution in [3.63, 3.8) is 0 Å². The monoisotopic (exact) mass is 211 g/mol. The lowest BCUT2D eigenvalue weighted by molar-refractivity contribution is -0.119. The van der Waals surface area contributed by atoms with E-state index in [1.807, 2.05) is 20.9 Å². The SMILES string of the molecule is Cn1nncc1CNC(C)(C)CC(N)=O. The summed E-state index contributed by atoms with van der Waals surface area (Å²) in [6, 6.07) is 0. The zero-order valence-corrected chi connectivity index (χ0v) is 9.32. The molecule has 0 aliphatic heterocycles. The van der Waals surface area contributed by atoms with Gasteiger partial charge in [0.25, 0.3) is 0 Å². The van der Waals surface area contributed by atoms with Crippen molar-refractivity contribution in [2.75, 3.05) is 0 Å². The first-order valence-electron chi connectivity index (χ1n) is 4.77. The smallest absolute Gasteiger partial charge is 0.219 e. The van der Waals surface area contributed by atoms with Gasteiger partial charge in [-0.15, -0.1) is 5.10 Å². The van der Waals surface area contributed by atoms with Gasteiger partial charge in [0.05, 0.1) is 11.9 Å². The van der Waals surface area contributed by atoms with Crippen LogP contribution in [0.3, 0.4) is 0 Å². The molecule has 0 radical (unpaired) electrons. The van der Waals surface area contributed by atoms with Gasteiger partial charge in [0.2, 0.25) is 5.91 Å². The summed E-state index contributed by atoms with van der Waals surface area (Å²) in [6.07, 6.45) is 1.99. The topological polar surface area (TPSA) is 85.8 Å². The Labute approximate surface area is 88.8 Å². The summed E-state index contributed by atoms with van der Waals surface area (Å²) in [6.45, 7) is 4.48. The van der Waals surface area contributed by atoms with E-state index in [0.717, 1.165) is 5.69 Å². The van der Waals surface area contributed by atoms with Gasteiger partial charge < -0.3 is 11.1 Å². The summed E-state index contributed by atoms with van der Waals surface area (Å²) in [7, 11) is 1.82. The van der Waals surface area contributed by atoms with Crippen molar-refractivity contribution < 1.29 is 4.79 Å². The average Bonchev–Trinajstić information content (AvgIpc) is 2.45. The molecule has 3 N–H and O–H groups in total. The molecule has 1 heterocycles. The van der Waals surface area contributed by atoms with Crippen molar-refractivity contribution >= 4 is 5.91 Å². The molecular formula is C9H17N5O. The third-order valence-electron chi connectivity index (χ3n) is 2.17. The number of nitrogens with zero attached hydrogens (tertiary/aromatic N) is 3. The van der Waals surface area contributed by atoms with E-state index in [4.69, 9.17) is 5.73 Å². The first kappa shape index (κ1) is 11.6. The van der Waals surface area contributed by atoms with Crippen LogP contribution >= 0.6 is 0 Å². The Kier molecular flexibility index (Phi) is 3.41. The summed E-state index contributed by atoms with van der Waals surface area (Å²) in [5.41, 5.74) is 5.80. The number of nitrogens with one attached hydrogen (secondary N) is 1. The molecular weight excluding hydrogens is 194 g/mol. The average molecular weight is 211 g/mol. The number of carbonyl (C=O) groups excluding carboxylic acids is 1. The molecule has 1 amide bonds. The highest BCUT2D eigenvalue weighted by Gasteiger charge is 2.20. The van der Waals surface area contributed by atoms with Crippen molar-refractivity contribution in [3.8, 4) is 0 Å². The first-order chi connectivity index (χ1) is 6.91. The van der Waals surface area contributed by atoms with E-state index in [-0.39, 0.29) is 11.4 Å². The number of hydrogen-bond donors (Lipinski definition) is 2. The molecule has 1 aromatic heterocycles. The van der Waals surface area contributed by atoms with Crippen LogP contribution in [0.4, 0.5) is 0 Å². The molecule has 0 spiro atoms. The predicted molar refractivity (Wildman–Crippen MR) is 55.7 cm³/mol. The van der Waals surface area contributed by atoms with Crippen LogP contribution in [0, 0.1) is 0 Å². The van der Waals surface area contributed by atoms with Gasteiger partial charge in [0.1, 0.15) is 0 Å². The van der Waals surface area contributed by atoms with Gasteiger partial charge in [-0.25, -0.2) is 0 Å². The third-order valence-corrected chi connectivity index (χ3v) is 2.17. The van der Waals surface area contributed by atoms with Crippen molar-refractivity contribution in [2.45, 2.75) is 32.4 Å². The van der Waals surface area contributed by atoms with Crippen molar-refractivity contribution in [3.05, 3.63) is 11.9 Å². The molecule has 6 heteroatoms. The van der Waals surface area contributed by atoms with E-state index in [0.29, 0.717) is 13.0 Å². The highest BCUT2D eigenvalue weighted by molar-refractivity contribution is 5.74. The molecule has 0 fully saturated rings. The largest absolute Gasteiger partial charge is 0.370 e. The van der Waals surface area contributed by atoms with Gasteiger partial charge in [-0.05, 0) is 13.8 Å². The van der Waals surface area contributed by atoms with Crippen molar-refractivity contribution in [2.24, 2.45) is 12.8 Å². The van der Waals surface area contributed by atoms with Crippen LogP contribution in [0.15, 0.2) is 6.20 Å². The lowest BCUT2D eigenvalue weighted by Crippen LogP contribution is -2.42. The number of rotatable bonds is 5. The molecule has 0 aliphatic carbocycles. The molecule has 84 valence electrons. The molecule has 0 saturated carbocycles. The van der Waals surface area contributed by atoms with Crippen LogP contribution in [-0.4, -0.2) is 26.4 Å². The second-order valence-electron chi connectivity index (χ2n) is 4.23. The van der Waals surface area contributed by atoms with Crippen LogP contribution < -0.4 is 11.1 Å². The lowest BCUT2D eigenvalue weighted by Gasteiger charge is -2.24. The van der Waals surface area contributed by atoms with E-state index in [1.54, 1.807) is 10.9 Å². The molecule has 6 nitrogen and oxygen atoms in total. The lowest BCUT2D eigenvalue weighted by atomic mass is 10.0. The fourth-order valence-corrected chi connectivity index (χ4v) is 1.30. The number of amides is 1. The van der Waals surface area contributed by atoms with Gasteiger partial charge in [-0.3, -0.25) is 9.48 Å². The summed E-state index contributed by atoms with van der Waals surface area (Å²) in [5, 5.41) is 10.8. The Balaban J connectivity index is 2.49. The molecule has 1 rings (SSSR count). The van der Waals surface area contributed by atoms with Gasteiger partial charge >= 0.3 is 0 Å². The number of carbonyl (C=O) groups is 1. The Bertz CT molecular complexity index is 344. The number of hydrogen-bond acceptors (Lipinski definition) is 4. The van der Waals surface area contributed by atoms with E-state index < -0.39 is 0 Å². The quantitative estimate of drug-likeness (QED) is 0.691. The summed E-state index contributed by atoms with van der Waals surface area (Å²) in [5.74, 6) is -0.310. The molecule has 0 aromatic carbocycles.